The Kier molecular flexibility index (Phi) is 7.17. The van der Waals surface area contributed by atoms with Crippen LogP contribution in [0.3, 0.4) is 0 Å². The van der Waals surface area contributed by atoms with Crippen molar-refractivity contribution in [2.24, 2.45) is 0 Å². The Labute approximate surface area is 203 Å². The fraction of sp³-hybridized carbons (Fsp3) is 0.0833. The number of hydrogen-bond donors (Lipinski definition) is 2. The molecule has 176 valence electrons. The van der Waals surface area contributed by atoms with Gasteiger partial charge < -0.3 is 0 Å². The zero-order chi connectivity index (χ0) is 24.8. The minimum atomic E-state index is -0.670. The first kappa shape index (κ1) is 23.6. The minimum Gasteiger partial charge on any atom is -0.272 e. The van der Waals surface area contributed by atoms with Crippen LogP contribution < -0.4 is 16.4 Å². The van der Waals surface area contributed by atoms with Crippen molar-refractivity contribution in [3.05, 3.63) is 111 Å². The standard InChI is InChI=1S/C24H19N5O5S/c30-21(15-35-18-12-10-17(11-13-18)29(33)34)25-26-23(31)22-19-8-4-5-9-20(19)24(32)28(27-22)14-16-6-2-1-3-7-16/h1-13H,14-15H2,(H,25,30)(H,26,31). The molecule has 0 bridgehead atoms. The van der Waals surface area contributed by atoms with Crippen LogP contribution in [-0.4, -0.2) is 32.3 Å². The third-order valence-corrected chi connectivity index (χ3v) is 6.00. The van der Waals surface area contributed by atoms with E-state index in [1.165, 1.54) is 16.8 Å². The van der Waals surface area contributed by atoms with Crippen molar-refractivity contribution < 1.29 is 14.5 Å². The number of nitrogens with one attached hydrogen (secondary N) is 2. The Morgan fingerprint density at radius 1 is 0.914 bits per heavy atom. The molecule has 11 heteroatoms. The van der Waals surface area contributed by atoms with Gasteiger partial charge in [0.2, 0.25) is 5.91 Å². The third-order valence-electron chi connectivity index (χ3n) is 4.99. The number of nitrogens with zero attached hydrogens (tertiary/aromatic N) is 3. The number of aromatic nitrogens is 2. The first-order chi connectivity index (χ1) is 16.9. The molecule has 2 amide bonds. The molecule has 4 rings (SSSR count). The van der Waals surface area contributed by atoms with Crippen LogP contribution in [0.4, 0.5) is 5.69 Å². The molecule has 2 N–H and O–H groups in total. The first-order valence-corrected chi connectivity index (χ1v) is 11.4. The van der Waals surface area contributed by atoms with Gasteiger partial charge in [0.05, 0.1) is 22.6 Å². The van der Waals surface area contributed by atoms with Gasteiger partial charge in [-0.2, -0.15) is 5.10 Å². The van der Waals surface area contributed by atoms with Crippen molar-refractivity contribution in [1.82, 2.24) is 20.6 Å². The number of fused-ring (bicyclic) bond motifs is 1. The predicted octanol–water partition coefficient (Wildman–Crippen LogP) is 2.91. The predicted molar refractivity (Wildman–Crippen MR) is 131 cm³/mol. The molecule has 0 atom stereocenters. The van der Waals surface area contributed by atoms with Gasteiger partial charge in [-0.1, -0.05) is 48.5 Å². The van der Waals surface area contributed by atoms with E-state index in [2.05, 4.69) is 16.0 Å². The highest BCUT2D eigenvalue weighted by Crippen LogP contribution is 2.21. The molecular formula is C24H19N5O5S. The van der Waals surface area contributed by atoms with Crippen LogP contribution >= 0.6 is 11.8 Å². The Balaban J connectivity index is 1.46. The highest BCUT2D eigenvalue weighted by molar-refractivity contribution is 8.00. The molecule has 0 aliphatic carbocycles. The van der Waals surface area contributed by atoms with Gasteiger partial charge in [-0.15, -0.1) is 11.8 Å². The van der Waals surface area contributed by atoms with Crippen LogP contribution in [0.1, 0.15) is 16.1 Å². The molecular weight excluding hydrogens is 470 g/mol. The van der Waals surface area contributed by atoms with E-state index < -0.39 is 16.7 Å². The molecule has 0 saturated heterocycles. The van der Waals surface area contributed by atoms with Gasteiger partial charge in [0, 0.05) is 22.4 Å². The molecule has 0 spiro atoms. The van der Waals surface area contributed by atoms with Gasteiger partial charge in [-0.05, 0) is 23.8 Å². The number of hydrazine groups is 1. The lowest BCUT2D eigenvalue weighted by molar-refractivity contribution is -0.384. The fourth-order valence-corrected chi connectivity index (χ4v) is 4.00. The van der Waals surface area contributed by atoms with Crippen molar-refractivity contribution in [3.63, 3.8) is 0 Å². The van der Waals surface area contributed by atoms with Crippen molar-refractivity contribution in [2.45, 2.75) is 11.4 Å². The highest BCUT2D eigenvalue weighted by Gasteiger charge is 2.17. The lowest BCUT2D eigenvalue weighted by Crippen LogP contribution is -2.43. The second kappa shape index (κ2) is 10.6. The molecule has 4 aromatic rings. The topological polar surface area (TPSA) is 136 Å². The van der Waals surface area contributed by atoms with E-state index in [1.807, 2.05) is 30.3 Å². The molecule has 0 fully saturated rings. The minimum absolute atomic E-state index is 0.000506. The molecule has 35 heavy (non-hydrogen) atoms. The van der Waals surface area contributed by atoms with Crippen LogP contribution in [0.5, 0.6) is 0 Å². The monoisotopic (exact) mass is 489 g/mol. The van der Waals surface area contributed by atoms with E-state index in [4.69, 9.17) is 0 Å². The van der Waals surface area contributed by atoms with E-state index in [0.29, 0.717) is 15.7 Å². The number of carbonyl (C=O) groups is 2. The summed E-state index contributed by atoms with van der Waals surface area (Å²) in [6.45, 7) is 0.184. The summed E-state index contributed by atoms with van der Waals surface area (Å²) in [5.41, 5.74) is 5.15. The van der Waals surface area contributed by atoms with Gasteiger partial charge in [0.1, 0.15) is 0 Å². The van der Waals surface area contributed by atoms with Gasteiger partial charge >= 0.3 is 0 Å². The maximum Gasteiger partial charge on any atom is 0.290 e. The number of hydrogen-bond acceptors (Lipinski definition) is 7. The van der Waals surface area contributed by atoms with Crippen LogP contribution in [0.15, 0.2) is 88.6 Å². The van der Waals surface area contributed by atoms with Gasteiger partial charge in [-0.25, -0.2) is 4.68 Å². The van der Waals surface area contributed by atoms with Crippen LogP contribution in [0.25, 0.3) is 10.8 Å². The zero-order valence-corrected chi connectivity index (χ0v) is 19.0. The Hall–Kier alpha value is -4.51. The number of benzene rings is 3. The molecule has 0 aliphatic rings. The fourth-order valence-electron chi connectivity index (χ4n) is 3.30. The van der Waals surface area contributed by atoms with E-state index in [1.54, 1.807) is 36.4 Å². The summed E-state index contributed by atoms with van der Waals surface area (Å²) in [5, 5.41) is 15.7. The van der Waals surface area contributed by atoms with Crippen molar-refractivity contribution in [2.75, 3.05) is 5.75 Å². The quantitative estimate of drug-likeness (QED) is 0.231. The smallest absolute Gasteiger partial charge is 0.272 e. The summed E-state index contributed by atoms with van der Waals surface area (Å²) in [4.78, 5) is 48.9. The van der Waals surface area contributed by atoms with Crippen molar-refractivity contribution in [3.8, 4) is 0 Å². The number of nitro groups is 1. The van der Waals surface area contributed by atoms with Gasteiger partial charge in [0.25, 0.3) is 17.2 Å². The molecule has 0 radical (unpaired) electrons. The van der Waals surface area contributed by atoms with E-state index in [9.17, 15) is 24.5 Å². The molecule has 0 unspecified atom stereocenters. The van der Waals surface area contributed by atoms with Crippen molar-refractivity contribution in [1.29, 1.82) is 0 Å². The SMILES string of the molecule is O=C(CSc1ccc([N+](=O)[O-])cc1)NNC(=O)c1nn(Cc2ccccc2)c(=O)c2ccccc12. The third kappa shape index (κ3) is 5.71. The van der Waals surface area contributed by atoms with E-state index in [-0.39, 0.29) is 29.2 Å². The Morgan fingerprint density at radius 2 is 1.57 bits per heavy atom. The average Bonchev–Trinajstić information content (AvgIpc) is 2.88. The van der Waals surface area contributed by atoms with E-state index >= 15 is 0 Å². The van der Waals surface area contributed by atoms with Crippen molar-refractivity contribution >= 4 is 40.0 Å². The lowest BCUT2D eigenvalue weighted by atomic mass is 10.1. The Bertz CT molecular complexity index is 1460. The molecule has 10 nitrogen and oxygen atoms in total. The summed E-state index contributed by atoms with van der Waals surface area (Å²) in [5.74, 6) is -1.18. The second-order valence-electron chi connectivity index (χ2n) is 7.38. The maximum absolute atomic E-state index is 12.9. The molecule has 1 heterocycles. The summed E-state index contributed by atoms with van der Waals surface area (Å²) in [6, 6.07) is 21.7. The molecule has 0 aliphatic heterocycles. The van der Waals surface area contributed by atoms with Crippen LogP contribution in [0.2, 0.25) is 0 Å². The Morgan fingerprint density at radius 3 is 2.26 bits per heavy atom. The number of nitro benzene ring substituents is 1. The molecule has 3 aromatic carbocycles. The summed E-state index contributed by atoms with van der Waals surface area (Å²) in [6.07, 6.45) is 0. The highest BCUT2D eigenvalue weighted by atomic mass is 32.2. The first-order valence-electron chi connectivity index (χ1n) is 10.4. The zero-order valence-electron chi connectivity index (χ0n) is 18.2. The van der Waals surface area contributed by atoms with Crippen LogP contribution in [-0.2, 0) is 11.3 Å². The lowest BCUT2D eigenvalue weighted by Gasteiger charge is -2.12. The summed E-state index contributed by atoms with van der Waals surface area (Å²) < 4.78 is 1.22. The number of rotatable bonds is 7. The largest absolute Gasteiger partial charge is 0.290 e. The number of thioether (sulfide) groups is 1. The average molecular weight is 490 g/mol. The molecule has 1 aromatic heterocycles. The maximum atomic E-state index is 12.9. The number of amides is 2. The summed E-state index contributed by atoms with van der Waals surface area (Å²) >= 11 is 1.16. The number of carbonyl (C=O) groups excluding carboxylic acids is 2. The van der Waals surface area contributed by atoms with Gasteiger partial charge in [-0.3, -0.25) is 35.3 Å². The van der Waals surface area contributed by atoms with E-state index in [0.717, 1.165) is 17.3 Å². The normalized spacial score (nSPS) is 10.6. The van der Waals surface area contributed by atoms with Gasteiger partial charge in [0.15, 0.2) is 5.69 Å². The molecule has 0 saturated carbocycles. The van der Waals surface area contributed by atoms with Crippen LogP contribution in [0, 0.1) is 10.1 Å². The summed E-state index contributed by atoms with van der Waals surface area (Å²) in [7, 11) is 0. The number of non-ortho nitro benzene ring substituents is 1. The second-order valence-corrected chi connectivity index (χ2v) is 8.43.